The van der Waals surface area contributed by atoms with E-state index in [1.165, 1.54) is 36.1 Å². The van der Waals surface area contributed by atoms with Crippen LogP contribution in [0.2, 0.25) is 0 Å². The van der Waals surface area contributed by atoms with Gasteiger partial charge in [0.05, 0.1) is 22.3 Å². The minimum absolute atomic E-state index is 0.213. The number of hydrogen-bond donors (Lipinski definition) is 0. The summed E-state index contributed by atoms with van der Waals surface area (Å²) in [4.78, 5) is 3.66. The lowest BCUT2D eigenvalue weighted by Gasteiger charge is -2.38. The van der Waals surface area contributed by atoms with Gasteiger partial charge in [-0.3, -0.25) is 0 Å². The fourth-order valence-corrected chi connectivity index (χ4v) is 4.92. The van der Waals surface area contributed by atoms with E-state index in [0.717, 1.165) is 28.6 Å². The highest BCUT2D eigenvalue weighted by Gasteiger charge is 2.30. The molecule has 0 bridgehead atoms. The van der Waals surface area contributed by atoms with Gasteiger partial charge >= 0.3 is 0 Å². The molecule has 1 atom stereocenters. The lowest BCUT2D eigenvalue weighted by atomic mass is 10.0. The lowest BCUT2D eigenvalue weighted by molar-refractivity contribution is 0.457. The molecule has 150 valence electrons. The first kappa shape index (κ1) is 19.9. The maximum Gasteiger partial charge on any atom is 0.164 e. The van der Waals surface area contributed by atoms with Crippen molar-refractivity contribution >= 4 is 23.1 Å². The molecule has 1 heterocycles. The van der Waals surface area contributed by atoms with Crippen molar-refractivity contribution in [1.82, 2.24) is 0 Å². The number of anilines is 2. The van der Waals surface area contributed by atoms with Crippen LogP contribution in [-0.2, 0) is 0 Å². The number of rotatable bonds is 8. The lowest BCUT2D eigenvalue weighted by Crippen LogP contribution is -2.25. The van der Waals surface area contributed by atoms with Crippen LogP contribution >= 0.6 is 11.8 Å². The molecule has 0 aromatic heterocycles. The van der Waals surface area contributed by atoms with Gasteiger partial charge in [-0.15, -0.1) is 11.8 Å². The van der Waals surface area contributed by atoms with Crippen LogP contribution < -0.4 is 9.64 Å². The van der Waals surface area contributed by atoms with E-state index < -0.39 is 0 Å². The standard InChI is InChI=1S/C26H29NOS/c1-3-4-5-11-19-29-25-18-12-16-23-26(25)28-24-17-10-9-15-22(24)27(23)20(2)21-13-7-6-8-14-21/h6-10,12-18,20H,3-5,11,19H2,1-2H3. The van der Waals surface area contributed by atoms with Crippen LogP contribution in [-0.4, -0.2) is 5.75 Å². The molecule has 2 nitrogen and oxygen atoms in total. The van der Waals surface area contributed by atoms with Gasteiger partial charge in [0.1, 0.15) is 0 Å². The van der Waals surface area contributed by atoms with Gasteiger partial charge < -0.3 is 9.64 Å². The quantitative estimate of drug-likeness (QED) is 0.277. The Bertz CT molecular complexity index is 940. The van der Waals surface area contributed by atoms with Gasteiger partial charge in [-0.1, -0.05) is 74.7 Å². The van der Waals surface area contributed by atoms with Gasteiger partial charge in [-0.2, -0.15) is 0 Å². The SMILES string of the molecule is CCCCCCSc1cccc2c1Oc1ccccc1N2C(C)c1ccccc1. The molecule has 0 amide bonds. The summed E-state index contributed by atoms with van der Waals surface area (Å²) < 4.78 is 6.44. The van der Waals surface area contributed by atoms with Crippen LogP contribution in [0.5, 0.6) is 11.5 Å². The van der Waals surface area contributed by atoms with Crippen molar-refractivity contribution in [2.24, 2.45) is 0 Å². The van der Waals surface area contributed by atoms with E-state index >= 15 is 0 Å². The zero-order chi connectivity index (χ0) is 20.1. The van der Waals surface area contributed by atoms with E-state index in [4.69, 9.17) is 4.74 Å². The molecule has 0 fully saturated rings. The molecule has 1 aliphatic heterocycles. The molecular weight excluding hydrogens is 374 g/mol. The molecule has 0 radical (unpaired) electrons. The normalized spacial score (nSPS) is 13.4. The van der Waals surface area contributed by atoms with Gasteiger partial charge in [0.25, 0.3) is 0 Å². The third-order valence-electron chi connectivity index (χ3n) is 5.48. The van der Waals surface area contributed by atoms with Crippen molar-refractivity contribution < 1.29 is 4.74 Å². The molecular formula is C26H29NOS. The fourth-order valence-electron chi connectivity index (χ4n) is 3.90. The van der Waals surface area contributed by atoms with Crippen LogP contribution in [0.25, 0.3) is 0 Å². The Balaban J connectivity index is 1.68. The maximum atomic E-state index is 6.44. The third-order valence-corrected chi connectivity index (χ3v) is 6.60. The smallest absolute Gasteiger partial charge is 0.164 e. The Morgan fingerprint density at radius 1 is 0.828 bits per heavy atom. The van der Waals surface area contributed by atoms with Crippen LogP contribution in [0.15, 0.2) is 77.7 Å². The summed E-state index contributed by atoms with van der Waals surface area (Å²) in [7, 11) is 0. The molecule has 29 heavy (non-hydrogen) atoms. The van der Waals surface area contributed by atoms with Gasteiger partial charge in [-0.05, 0) is 48.9 Å². The number of benzene rings is 3. The Kier molecular flexibility index (Phi) is 6.46. The first-order chi connectivity index (χ1) is 14.3. The van der Waals surface area contributed by atoms with Gasteiger partial charge in [-0.25, -0.2) is 0 Å². The molecule has 3 aromatic rings. The van der Waals surface area contributed by atoms with Crippen LogP contribution in [0.1, 0.15) is 51.1 Å². The molecule has 0 saturated heterocycles. The van der Waals surface area contributed by atoms with Crippen molar-refractivity contribution in [2.75, 3.05) is 10.7 Å². The minimum Gasteiger partial charge on any atom is -0.452 e. The van der Waals surface area contributed by atoms with Gasteiger partial charge in [0.2, 0.25) is 0 Å². The summed E-state index contributed by atoms with van der Waals surface area (Å²) in [6, 6.07) is 25.8. The van der Waals surface area contributed by atoms with Crippen molar-refractivity contribution in [2.45, 2.75) is 50.5 Å². The molecule has 3 aromatic carbocycles. The van der Waals surface area contributed by atoms with E-state index in [1.807, 2.05) is 11.8 Å². The molecule has 0 saturated carbocycles. The summed E-state index contributed by atoms with van der Waals surface area (Å²) in [5, 5.41) is 0. The second-order valence-electron chi connectivity index (χ2n) is 7.54. The zero-order valence-corrected chi connectivity index (χ0v) is 18.1. The predicted octanol–water partition coefficient (Wildman–Crippen LogP) is 8.36. The zero-order valence-electron chi connectivity index (χ0n) is 17.3. The van der Waals surface area contributed by atoms with Gasteiger partial charge in [0, 0.05) is 0 Å². The topological polar surface area (TPSA) is 12.5 Å². The average molecular weight is 404 g/mol. The average Bonchev–Trinajstić information content (AvgIpc) is 2.77. The van der Waals surface area contributed by atoms with E-state index in [1.54, 1.807) is 0 Å². The molecule has 0 spiro atoms. The summed E-state index contributed by atoms with van der Waals surface area (Å²) in [5.41, 5.74) is 3.58. The number of hydrogen-bond acceptors (Lipinski definition) is 3. The number of fused-ring (bicyclic) bond motifs is 2. The Hall–Kier alpha value is -2.39. The number of thioether (sulfide) groups is 1. The maximum absolute atomic E-state index is 6.44. The van der Waals surface area contributed by atoms with E-state index in [0.29, 0.717) is 0 Å². The second-order valence-corrected chi connectivity index (χ2v) is 8.68. The molecule has 1 aliphatic rings. The fraction of sp³-hybridized carbons (Fsp3) is 0.308. The number of para-hydroxylation sites is 3. The highest BCUT2D eigenvalue weighted by molar-refractivity contribution is 7.99. The van der Waals surface area contributed by atoms with Crippen LogP contribution in [0.4, 0.5) is 11.4 Å². The molecule has 0 N–H and O–H groups in total. The minimum atomic E-state index is 0.213. The second kappa shape index (κ2) is 9.41. The molecule has 4 rings (SSSR count). The summed E-state index contributed by atoms with van der Waals surface area (Å²) in [6.45, 7) is 4.53. The van der Waals surface area contributed by atoms with Crippen LogP contribution in [0, 0.1) is 0 Å². The largest absolute Gasteiger partial charge is 0.452 e. The number of nitrogens with zero attached hydrogens (tertiary/aromatic N) is 1. The Morgan fingerprint density at radius 2 is 1.59 bits per heavy atom. The number of unbranched alkanes of at least 4 members (excludes halogenated alkanes) is 3. The first-order valence-corrected chi connectivity index (χ1v) is 11.6. The van der Waals surface area contributed by atoms with Crippen molar-refractivity contribution in [1.29, 1.82) is 0 Å². The third kappa shape index (κ3) is 4.30. The Labute approximate surface area is 178 Å². The summed E-state index contributed by atoms with van der Waals surface area (Å²) in [6.07, 6.45) is 5.15. The van der Waals surface area contributed by atoms with E-state index in [-0.39, 0.29) is 6.04 Å². The summed E-state index contributed by atoms with van der Waals surface area (Å²) >= 11 is 1.92. The monoisotopic (exact) mass is 403 g/mol. The molecule has 0 aliphatic carbocycles. The van der Waals surface area contributed by atoms with Gasteiger partial charge in [0.15, 0.2) is 11.5 Å². The highest BCUT2D eigenvalue weighted by Crippen LogP contribution is 2.53. The number of ether oxygens (including phenoxy) is 1. The van der Waals surface area contributed by atoms with Crippen molar-refractivity contribution in [3.8, 4) is 11.5 Å². The Morgan fingerprint density at radius 3 is 2.41 bits per heavy atom. The van der Waals surface area contributed by atoms with Crippen LogP contribution in [0.3, 0.4) is 0 Å². The molecule has 1 unspecified atom stereocenters. The van der Waals surface area contributed by atoms with Crippen molar-refractivity contribution in [3.05, 3.63) is 78.4 Å². The summed E-state index contributed by atoms with van der Waals surface area (Å²) in [5.74, 6) is 3.06. The van der Waals surface area contributed by atoms with Crippen molar-refractivity contribution in [3.63, 3.8) is 0 Å². The van der Waals surface area contributed by atoms with E-state index in [2.05, 4.69) is 91.5 Å². The predicted molar refractivity (Wildman–Crippen MR) is 125 cm³/mol. The molecule has 3 heteroatoms. The first-order valence-electron chi connectivity index (χ1n) is 10.7. The highest BCUT2D eigenvalue weighted by atomic mass is 32.2. The van der Waals surface area contributed by atoms with E-state index in [9.17, 15) is 0 Å².